The number of nitrogen functional groups attached to an aromatic ring is 1. The summed E-state index contributed by atoms with van der Waals surface area (Å²) in [6.07, 6.45) is 0.110. The van der Waals surface area contributed by atoms with E-state index in [1.807, 2.05) is 56.3 Å². The van der Waals surface area contributed by atoms with E-state index in [0.29, 0.717) is 18.0 Å². The Morgan fingerprint density at radius 3 is 2.09 bits per heavy atom. The first-order valence-corrected chi connectivity index (χ1v) is 6.38. The van der Waals surface area contributed by atoms with E-state index in [1.54, 1.807) is 6.07 Å². The minimum Gasteiger partial charge on any atom is -0.489 e. The number of hydrogen-bond donors (Lipinski definition) is 1. The van der Waals surface area contributed by atoms with Crippen molar-refractivity contribution in [1.82, 2.24) is 0 Å². The molecule has 0 fully saturated rings. The largest absolute Gasteiger partial charge is 0.489 e. The molecule has 0 aromatic heterocycles. The fourth-order valence-corrected chi connectivity index (χ4v) is 1.72. The van der Waals surface area contributed by atoms with Gasteiger partial charge in [0.25, 0.3) is 0 Å². The molecule has 23 heavy (non-hydrogen) atoms. The minimum atomic E-state index is 0. The first-order valence-electron chi connectivity index (χ1n) is 6.38. The number of ether oxygens (including phenoxy) is 2. The van der Waals surface area contributed by atoms with Crippen molar-refractivity contribution in [2.75, 3.05) is 5.73 Å². The average molecular weight is 415 g/mol. The summed E-state index contributed by atoms with van der Waals surface area (Å²) < 4.78 is 11.3. The first kappa shape index (κ1) is 27.3. The SMILES string of the molecule is CC(C)Oc1ccc(OCc2ccccc2)cc1N.Cl.Cl.Cl.[Ti]. The van der Waals surface area contributed by atoms with Gasteiger partial charge in [0, 0.05) is 27.8 Å². The molecule has 3 nitrogen and oxygen atoms in total. The van der Waals surface area contributed by atoms with Crippen molar-refractivity contribution in [3.8, 4) is 11.5 Å². The maximum atomic E-state index is 5.93. The molecule has 2 rings (SSSR count). The Bertz CT molecular complexity index is 542. The van der Waals surface area contributed by atoms with E-state index in [1.165, 1.54) is 0 Å². The van der Waals surface area contributed by atoms with Crippen LogP contribution in [0.25, 0.3) is 0 Å². The Balaban J connectivity index is -0.000001000. The fraction of sp³-hybridized carbons (Fsp3) is 0.250. The second-order valence-corrected chi connectivity index (χ2v) is 4.64. The number of hydrogen-bond acceptors (Lipinski definition) is 3. The van der Waals surface area contributed by atoms with Crippen molar-refractivity contribution >= 4 is 42.9 Å². The number of anilines is 1. The summed E-state index contributed by atoms with van der Waals surface area (Å²) in [6, 6.07) is 15.5. The van der Waals surface area contributed by atoms with Gasteiger partial charge in [-0.25, -0.2) is 0 Å². The molecular formula is C16H22Cl3NO2Ti. The molecule has 0 radical (unpaired) electrons. The molecular weight excluding hydrogens is 392 g/mol. The molecule has 0 aliphatic carbocycles. The van der Waals surface area contributed by atoms with Gasteiger partial charge >= 0.3 is 0 Å². The van der Waals surface area contributed by atoms with Crippen LogP contribution < -0.4 is 15.2 Å². The number of rotatable bonds is 5. The zero-order valence-electron chi connectivity index (χ0n) is 13.0. The zero-order chi connectivity index (χ0) is 13.7. The van der Waals surface area contributed by atoms with Crippen LogP contribution in [-0.4, -0.2) is 6.10 Å². The van der Waals surface area contributed by atoms with Gasteiger partial charge in [0.2, 0.25) is 0 Å². The third kappa shape index (κ3) is 9.34. The molecule has 2 N–H and O–H groups in total. The summed E-state index contributed by atoms with van der Waals surface area (Å²) in [5.74, 6) is 1.44. The molecule has 0 saturated carbocycles. The molecule has 0 bridgehead atoms. The minimum absolute atomic E-state index is 0. The third-order valence-electron chi connectivity index (χ3n) is 2.59. The van der Waals surface area contributed by atoms with Crippen molar-refractivity contribution in [2.24, 2.45) is 0 Å². The Morgan fingerprint density at radius 2 is 1.57 bits per heavy atom. The molecule has 0 spiro atoms. The fourth-order valence-electron chi connectivity index (χ4n) is 1.72. The molecule has 0 atom stereocenters. The van der Waals surface area contributed by atoms with E-state index >= 15 is 0 Å². The van der Waals surface area contributed by atoms with Gasteiger partial charge in [0.05, 0.1) is 11.8 Å². The maximum absolute atomic E-state index is 5.93. The van der Waals surface area contributed by atoms with Gasteiger partial charge < -0.3 is 15.2 Å². The molecule has 0 aliphatic rings. The summed E-state index contributed by atoms with van der Waals surface area (Å²) in [5, 5.41) is 0. The molecule has 0 amide bonds. The van der Waals surface area contributed by atoms with Crippen LogP contribution in [0.4, 0.5) is 5.69 Å². The number of halogens is 3. The predicted molar refractivity (Wildman–Crippen MR) is 99.1 cm³/mol. The smallest absolute Gasteiger partial charge is 0.142 e. The van der Waals surface area contributed by atoms with Gasteiger partial charge in [0.1, 0.15) is 18.1 Å². The van der Waals surface area contributed by atoms with E-state index in [-0.39, 0.29) is 65.0 Å². The zero-order valence-corrected chi connectivity index (χ0v) is 17.0. The van der Waals surface area contributed by atoms with E-state index in [9.17, 15) is 0 Å². The van der Waals surface area contributed by atoms with Crippen molar-refractivity contribution < 1.29 is 31.2 Å². The molecule has 0 heterocycles. The molecule has 0 unspecified atom stereocenters. The van der Waals surface area contributed by atoms with Gasteiger partial charge in [-0.1, -0.05) is 30.3 Å². The van der Waals surface area contributed by atoms with Crippen LogP contribution in [-0.2, 0) is 28.3 Å². The summed E-state index contributed by atoms with van der Waals surface area (Å²) in [6.45, 7) is 4.48. The van der Waals surface area contributed by atoms with Gasteiger partial charge in [-0.15, -0.1) is 37.2 Å². The van der Waals surface area contributed by atoms with Gasteiger partial charge in [-0.3, -0.25) is 0 Å². The molecule has 0 saturated heterocycles. The van der Waals surface area contributed by atoms with Crippen LogP contribution in [0, 0.1) is 0 Å². The Morgan fingerprint density at radius 1 is 0.957 bits per heavy atom. The molecule has 2 aromatic carbocycles. The van der Waals surface area contributed by atoms with Gasteiger partial charge in [-0.2, -0.15) is 0 Å². The first-order chi connectivity index (χ1) is 9.15. The molecule has 0 aliphatic heterocycles. The monoisotopic (exact) mass is 413 g/mol. The van der Waals surface area contributed by atoms with Crippen LogP contribution in [0.1, 0.15) is 19.4 Å². The summed E-state index contributed by atoms with van der Waals surface area (Å²) in [4.78, 5) is 0. The quantitative estimate of drug-likeness (QED) is 0.559. The summed E-state index contributed by atoms with van der Waals surface area (Å²) in [5.41, 5.74) is 7.66. The normalized spacial score (nSPS) is 8.65. The second kappa shape index (κ2) is 13.8. The van der Waals surface area contributed by atoms with Crippen LogP contribution >= 0.6 is 37.2 Å². The van der Waals surface area contributed by atoms with Crippen LogP contribution in [0.3, 0.4) is 0 Å². The van der Waals surface area contributed by atoms with Gasteiger partial charge in [-0.05, 0) is 31.5 Å². The molecule has 2 aromatic rings. The van der Waals surface area contributed by atoms with Gasteiger partial charge in [0.15, 0.2) is 0 Å². The Labute approximate surface area is 171 Å². The topological polar surface area (TPSA) is 44.5 Å². The Hall–Kier alpha value is -0.576. The molecule has 128 valence electrons. The Kier molecular flexibility index (Phi) is 16.4. The van der Waals surface area contributed by atoms with Crippen LogP contribution in [0.15, 0.2) is 48.5 Å². The van der Waals surface area contributed by atoms with E-state index < -0.39 is 0 Å². The van der Waals surface area contributed by atoms with Crippen LogP contribution in [0.2, 0.25) is 0 Å². The number of benzene rings is 2. The summed E-state index contributed by atoms with van der Waals surface area (Å²) in [7, 11) is 0. The molecule has 7 heteroatoms. The average Bonchev–Trinajstić information content (AvgIpc) is 2.40. The van der Waals surface area contributed by atoms with E-state index in [4.69, 9.17) is 15.2 Å². The standard InChI is InChI=1S/C16H19NO2.3ClH.Ti/c1-12(2)19-16-9-8-14(10-15(16)17)18-11-13-6-4-3-5-7-13;;;;/h3-10,12H,11,17H2,1-2H3;3*1H;. The van der Waals surface area contributed by atoms with E-state index in [0.717, 1.165) is 11.3 Å². The van der Waals surface area contributed by atoms with Crippen molar-refractivity contribution in [3.05, 3.63) is 54.1 Å². The summed E-state index contributed by atoms with van der Waals surface area (Å²) >= 11 is 0. The van der Waals surface area contributed by atoms with Crippen LogP contribution in [0.5, 0.6) is 11.5 Å². The third-order valence-corrected chi connectivity index (χ3v) is 2.59. The predicted octanol–water partition coefficient (Wildman–Crippen LogP) is 4.90. The maximum Gasteiger partial charge on any atom is 0.142 e. The van der Waals surface area contributed by atoms with Crippen molar-refractivity contribution in [3.63, 3.8) is 0 Å². The van der Waals surface area contributed by atoms with Crippen molar-refractivity contribution in [2.45, 2.75) is 26.6 Å². The van der Waals surface area contributed by atoms with E-state index in [2.05, 4.69) is 0 Å². The second-order valence-electron chi connectivity index (χ2n) is 4.64. The number of nitrogens with two attached hydrogens (primary N) is 1. The van der Waals surface area contributed by atoms with Crippen molar-refractivity contribution in [1.29, 1.82) is 0 Å².